The van der Waals surface area contributed by atoms with Gasteiger partial charge in [-0.3, -0.25) is 19.4 Å². The average Bonchev–Trinajstić information content (AvgIpc) is 3.30. The maximum absolute atomic E-state index is 13.2. The van der Waals surface area contributed by atoms with Crippen molar-refractivity contribution in [3.05, 3.63) is 35.4 Å². The van der Waals surface area contributed by atoms with Crippen LogP contribution in [0, 0.1) is 0 Å². The van der Waals surface area contributed by atoms with E-state index in [1.165, 1.54) is 31.2 Å². The lowest BCUT2D eigenvalue weighted by Gasteiger charge is -2.30. The van der Waals surface area contributed by atoms with Gasteiger partial charge in [0.1, 0.15) is 0 Å². The molecule has 31 heavy (non-hydrogen) atoms. The first-order chi connectivity index (χ1) is 15.1. The van der Waals surface area contributed by atoms with Crippen molar-refractivity contribution >= 4 is 11.7 Å². The van der Waals surface area contributed by atoms with Crippen LogP contribution in [-0.2, 0) is 11.3 Å². The summed E-state index contributed by atoms with van der Waals surface area (Å²) in [7, 11) is 0. The lowest BCUT2D eigenvalue weighted by molar-refractivity contribution is -0.140. The lowest BCUT2D eigenvalue weighted by Crippen LogP contribution is -2.53. The van der Waals surface area contributed by atoms with Crippen molar-refractivity contribution < 1.29 is 14.7 Å². The van der Waals surface area contributed by atoms with Gasteiger partial charge in [-0.1, -0.05) is 49.9 Å². The number of likely N-dealkylation sites (tertiary alicyclic amines) is 2. The average molecular weight is 428 g/mol. The van der Waals surface area contributed by atoms with E-state index in [4.69, 9.17) is 0 Å². The number of hydrogen-bond acceptors (Lipinski definition) is 5. The summed E-state index contributed by atoms with van der Waals surface area (Å²) in [6.45, 7) is 3.81. The van der Waals surface area contributed by atoms with E-state index in [1.54, 1.807) is 4.90 Å². The number of rotatable bonds is 7. The molecule has 0 spiro atoms. The molecule has 2 saturated heterocycles. The monoisotopic (exact) mass is 427 g/mol. The molecule has 3 aliphatic rings. The van der Waals surface area contributed by atoms with Crippen LogP contribution in [0.2, 0.25) is 0 Å². The number of aliphatic hydroxyl groups excluding tert-OH is 1. The molecule has 0 radical (unpaired) electrons. The fourth-order valence-corrected chi connectivity index (χ4v) is 5.38. The highest BCUT2D eigenvalue weighted by molar-refractivity contribution is 6.00. The van der Waals surface area contributed by atoms with Crippen LogP contribution in [0.4, 0.5) is 0 Å². The standard InChI is InChI=1S/C25H37N3O3/c29-23(20-13-11-19(12-14-20)18-27-15-5-2-6-16-27)22-10-7-17-28(22)25(31)24(30)26-21-8-3-1-4-9-21/h11-14,21-22,25,31H,1-10,15-18H2,(H,26,30). The van der Waals surface area contributed by atoms with Crippen LogP contribution in [0.5, 0.6) is 0 Å². The number of benzene rings is 1. The second-order valence-corrected chi connectivity index (χ2v) is 9.51. The second-order valence-electron chi connectivity index (χ2n) is 9.51. The first kappa shape index (κ1) is 22.4. The topological polar surface area (TPSA) is 72.9 Å². The molecule has 6 heteroatoms. The van der Waals surface area contributed by atoms with E-state index >= 15 is 0 Å². The minimum absolute atomic E-state index is 0.00605. The summed E-state index contributed by atoms with van der Waals surface area (Å²) >= 11 is 0. The number of Topliss-reactive ketones (excluding diaryl/α,β-unsaturated/α-hetero) is 1. The van der Waals surface area contributed by atoms with Crippen LogP contribution in [0.25, 0.3) is 0 Å². The van der Waals surface area contributed by atoms with Gasteiger partial charge in [-0.25, -0.2) is 0 Å². The van der Waals surface area contributed by atoms with Gasteiger partial charge < -0.3 is 10.4 Å². The molecule has 6 nitrogen and oxygen atoms in total. The Morgan fingerprint density at radius 3 is 2.29 bits per heavy atom. The molecule has 1 aliphatic carbocycles. The molecule has 2 unspecified atom stereocenters. The molecule has 2 atom stereocenters. The Balaban J connectivity index is 1.34. The Hall–Kier alpha value is -1.76. The van der Waals surface area contributed by atoms with E-state index in [2.05, 4.69) is 10.2 Å². The van der Waals surface area contributed by atoms with Crippen molar-refractivity contribution in [2.24, 2.45) is 0 Å². The Morgan fingerprint density at radius 1 is 0.903 bits per heavy atom. The summed E-state index contributed by atoms with van der Waals surface area (Å²) in [4.78, 5) is 30.0. The summed E-state index contributed by atoms with van der Waals surface area (Å²) < 4.78 is 0. The Labute approximate surface area is 186 Å². The molecule has 1 aromatic carbocycles. The smallest absolute Gasteiger partial charge is 0.264 e. The van der Waals surface area contributed by atoms with Crippen LogP contribution < -0.4 is 5.32 Å². The third-order valence-electron chi connectivity index (χ3n) is 7.19. The predicted molar refractivity (Wildman–Crippen MR) is 121 cm³/mol. The molecule has 1 amide bonds. The molecular formula is C25H37N3O3. The number of carbonyl (C=O) groups excluding carboxylic acids is 2. The van der Waals surface area contributed by atoms with Crippen LogP contribution in [0.1, 0.15) is 80.1 Å². The molecule has 0 aromatic heterocycles. The quantitative estimate of drug-likeness (QED) is 0.655. The Morgan fingerprint density at radius 2 is 1.58 bits per heavy atom. The fourth-order valence-electron chi connectivity index (χ4n) is 5.38. The zero-order valence-corrected chi connectivity index (χ0v) is 18.6. The third-order valence-corrected chi connectivity index (χ3v) is 7.19. The van der Waals surface area contributed by atoms with E-state index in [9.17, 15) is 14.7 Å². The number of nitrogens with zero attached hydrogens (tertiary/aromatic N) is 2. The fraction of sp³-hybridized carbons (Fsp3) is 0.680. The molecule has 2 aliphatic heterocycles. The van der Waals surface area contributed by atoms with Crippen LogP contribution in [0.3, 0.4) is 0 Å². The molecular weight excluding hydrogens is 390 g/mol. The van der Waals surface area contributed by atoms with Gasteiger partial charge in [-0.2, -0.15) is 0 Å². The number of carbonyl (C=O) groups is 2. The van der Waals surface area contributed by atoms with Gasteiger partial charge >= 0.3 is 0 Å². The normalized spacial score (nSPS) is 24.7. The summed E-state index contributed by atoms with van der Waals surface area (Å²) in [6, 6.07) is 7.64. The third kappa shape index (κ3) is 5.73. The Kier molecular flexibility index (Phi) is 7.75. The first-order valence-corrected chi connectivity index (χ1v) is 12.2. The van der Waals surface area contributed by atoms with Gasteiger partial charge in [0.15, 0.2) is 12.0 Å². The van der Waals surface area contributed by atoms with Crippen molar-refractivity contribution in [1.82, 2.24) is 15.1 Å². The van der Waals surface area contributed by atoms with E-state index in [0.717, 1.165) is 51.7 Å². The van der Waals surface area contributed by atoms with Gasteiger partial charge in [0.25, 0.3) is 5.91 Å². The highest BCUT2D eigenvalue weighted by Crippen LogP contribution is 2.24. The number of amides is 1. The van der Waals surface area contributed by atoms with Gasteiger partial charge in [0.2, 0.25) is 0 Å². The predicted octanol–water partition coefficient (Wildman–Crippen LogP) is 3.09. The SMILES string of the molecule is O=C(NC1CCCCC1)C(O)N1CCCC1C(=O)c1ccc(CN2CCCCC2)cc1. The largest absolute Gasteiger partial charge is 0.370 e. The van der Waals surface area contributed by atoms with Crippen molar-refractivity contribution in [1.29, 1.82) is 0 Å². The Bertz CT molecular complexity index is 739. The molecule has 0 bridgehead atoms. The van der Waals surface area contributed by atoms with Crippen molar-refractivity contribution in [2.45, 2.75) is 89.1 Å². The summed E-state index contributed by atoms with van der Waals surface area (Å²) in [5.41, 5.74) is 1.90. The minimum Gasteiger partial charge on any atom is -0.370 e. The number of ketones is 1. The van der Waals surface area contributed by atoms with Gasteiger partial charge in [0, 0.05) is 24.7 Å². The molecule has 2 heterocycles. The zero-order valence-electron chi connectivity index (χ0n) is 18.6. The number of nitrogens with one attached hydrogen (secondary N) is 1. The summed E-state index contributed by atoms with van der Waals surface area (Å²) in [5.74, 6) is -0.352. The highest BCUT2D eigenvalue weighted by Gasteiger charge is 2.38. The summed E-state index contributed by atoms with van der Waals surface area (Å²) in [6.07, 6.45) is 9.53. The molecule has 4 rings (SSSR count). The maximum Gasteiger partial charge on any atom is 0.264 e. The number of piperidine rings is 1. The van der Waals surface area contributed by atoms with Crippen LogP contribution in [0.15, 0.2) is 24.3 Å². The maximum atomic E-state index is 13.2. The molecule has 170 valence electrons. The van der Waals surface area contributed by atoms with E-state index in [-0.39, 0.29) is 17.7 Å². The van der Waals surface area contributed by atoms with Gasteiger partial charge in [-0.15, -0.1) is 0 Å². The molecule has 1 aromatic rings. The van der Waals surface area contributed by atoms with E-state index in [0.29, 0.717) is 18.5 Å². The van der Waals surface area contributed by atoms with Crippen molar-refractivity contribution in [3.8, 4) is 0 Å². The minimum atomic E-state index is -1.25. The van der Waals surface area contributed by atoms with E-state index in [1.807, 2.05) is 24.3 Å². The van der Waals surface area contributed by atoms with Crippen molar-refractivity contribution in [2.75, 3.05) is 19.6 Å². The van der Waals surface area contributed by atoms with Crippen molar-refractivity contribution in [3.63, 3.8) is 0 Å². The molecule has 3 fully saturated rings. The zero-order chi connectivity index (χ0) is 21.6. The lowest BCUT2D eigenvalue weighted by atomic mass is 9.95. The molecule has 1 saturated carbocycles. The van der Waals surface area contributed by atoms with Gasteiger partial charge in [-0.05, 0) is 57.2 Å². The highest BCUT2D eigenvalue weighted by atomic mass is 16.3. The second kappa shape index (κ2) is 10.7. The van der Waals surface area contributed by atoms with Crippen LogP contribution >= 0.6 is 0 Å². The number of hydrogen-bond donors (Lipinski definition) is 2. The van der Waals surface area contributed by atoms with Crippen LogP contribution in [-0.4, -0.2) is 64.5 Å². The van der Waals surface area contributed by atoms with Gasteiger partial charge in [0.05, 0.1) is 6.04 Å². The first-order valence-electron chi connectivity index (χ1n) is 12.2. The summed E-state index contributed by atoms with van der Waals surface area (Å²) in [5, 5.41) is 13.7. The number of aliphatic hydroxyl groups is 1. The molecule has 2 N–H and O–H groups in total. The van der Waals surface area contributed by atoms with E-state index < -0.39 is 12.3 Å².